The monoisotopic (exact) mass is 918 g/mol. The molecule has 1 aliphatic carbocycles. The van der Waals surface area contributed by atoms with Crippen LogP contribution in [0.2, 0.25) is 5.02 Å². The molecule has 4 aromatic heterocycles. The van der Waals surface area contributed by atoms with E-state index in [1.165, 1.54) is 62.2 Å². The smallest absolute Gasteiger partial charge is 0.347 e. The summed E-state index contributed by atoms with van der Waals surface area (Å²) in [5, 5.41) is 17.9. The molecule has 19 heteroatoms. The number of aromatic hydroxyl groups is 1. The number of benzene rings is 3. The Hall–Kier alpha value is -6.92. The number of carbonyl (C=O) groups excluding carboxylic acids is 2. The van der Waals surface area contributed by atoms with E-state index in [4.69, 9.17) is 30.9 Å². The zero-order valence-corrected chi connectivity index (χ0v) is 38.0. The van der Waals surface area contributed by atoms with Crippen molar-refractivity contribution in [1.82, 2.24) is 33.3 Å². The maximum Gasteiger partial charge on any atom is 0.347 e. The van der Waals surface area contributed by atoms with Gasteiger partial charge in [-0.2, -0.15) is 5.10 Å². The molecule has 2 aliphatic heterocycles. The molecule has 0 spiro atoms. The Bertz CT molecular complexity index is 3430. The van der Waals surface area contributed by atoms with Gasteiger partial charge < -0.3 is 23.9 Å². The third-order valence-electron chi connectivity index (χ3n) is 13.6. The van der Waals surface area contributed by atoms with Crippen LogP contribution in [0.1, 0.15) is 42.1 Å². The Morgan fingerprint density at radius 1 is 0.938 bits per heavy atom. The Balaban J connectivity index is 1.05. The number of fused-ring (bicyclic) bond motifs is 6. The first-order chi connectivity index (χ1) is 31.1. The van der Waals surface area contributed by atoms with Crippen LogP contribution in [0.3, 0.4) is 0 Å². The minimum absolute atomic E-state index is 0.00699. The summed E-state index contributed by atoms with van der Waals surface area (Å²) in [5.74, 6) is -1.57. The lowest BCUT2D eigenvalue weighted by atomic mass is 9.56. The number of rotatable bonds is 9. The summed E-state index contributed by atoms with van der Waals surface area (Å²) >= 11 is 7.87. The lowest BCUT2D eigenvalue weighted by molar-refractivity contribution is -0.129. The van der Waals surface area contributed by atoms with Gasteiger partial charge in [-0.1, -0.05) is 17.7 Å². The number of amides is 2. The molecule has 3 aliphatic rings. The second-order valence-electron chi connectivity index (χ2n) is 16.8. The standard InChI is InChI=1S/C46H43ClN8O9S/c1-22-26-16-23(47)8-11-37(26)65-40(22)31-20-38(51(4)49-31)54-41(57)28-18-32-25(39(46(28,2)43(54)59)27-17-24(62-5)9-10-34(27)56)12-15-53-44(60)52(45(61)55(32)53)14-13-29-42(58)50(3)33-21-36(64-7)35(63-6)19-30(33)48-29/h8-12,16-17,19-21,28,32,39,56H,13-15,18H2,1-7H3/t28-,32+,39+,46+/m0/s1. The average Bonchev–Trinajstić information content (AvgIpc) is 3.97. The fourth-order valence-electron chi connectivity index (χ4n) is 10.3. The van der Waals surface area contributed by atoms with Gasteiger partial charge in [-0.15, -0.1) is 11.3 Å². The highest BCUT2D eigenvalue weighted by atomic mass is 35.5. The van der Waals surface area contributed by atoms with Gasteiger partial charge in [0.25, 0.3) is 5.56 Å². The fraction of sp³-hybridized carbons (Fsp3) is 0.326. The van der Waals surface area contributed by atoms with Gasteiger partial charge >= 0.3 is 11.4 Å². The Morgan fingerprint density at radius 3 is 2.43 bits per heavy atom. The van der Waals surface area contributed by atoms with Gasteiger partial charge in [0.2, 0.25) is 11.8 Å². The molecule has 3 aromatic carbocycles. The first-order valence-electron chi connectivity index (χ1n) is 20.8. The van der Waals surface area contributed by atoms with Crippen molar-refractivity contribution in [2.45, 2.75) is 51.7 Å². The number of phenolic OH excluding ortho intramolecular Hbond substituents is 1. The van der Waals surface area contributed by atoms with Crippen molar-refractivity contribution in [3.05, 3.63) is 119 Å². The second-order valence-corrected chi connectivity index (χ2v) is 18.3. The molecule has 0 bridgehead atoms. The number of imide groups is 1. The summed E-state index contributed by atoms with van der Waals surface area (Å²) in [6.45, 7) is 3.50. The van der Waals surface area contributed by atoms with Crippen molar-refractivity contribution in [2.24, 2.45) is 25.4 Å². The third kappa shape index (κ3) is 6.06. The minimum atomic E-state index is -1.47. The van der Waals surface area contributed by atoms with Crippen molar-refractivity contribution in [3.8, 4) is 33.6 Å². The van der Waals surface area contributed by atoms with Crippen LogP contribution in [-0.2, 0) is 43.2 Å². The van der Waals surface area contributed by atoms with Gasteiger partial charge in [-0.05, 0) is 73.2 Å². The summed E-state index contributed by atoms with van der Waals surface area (Å²) in [6, 6.07) is 14.5. The van der Waals surface area contributed by atoms with Crippen molar-refractivity contribution in [2.75, 3.05) is 26.2 Å². The van der Waals surface area contributed by atoms with Gasteiger partial charge in [0.05, 0.1) is 61.2 Å². The number of nitrogens with zero attached hydrogens (tertiary/aromatic N) is 8. The number of halogens is 1. The lowest BCUT2D eigenvalue weighted by Gasteiger charge is -2.47. The zero-order valence-electron chi connectivity index (χ0n) is 36.4. The number of aromatic nitrogens is 7. The number of anilines is 1. The fourth-order valence-corrected chi connectivity index (χ4v) is 11.6. The molecule has 17 nitrogen and oxygen atoms in total. The van der Waals surface area contributed by atoms with Crippen LogP contribution in [0.5, 0.6) is 23.0 Å². The van der Waals surface area contributed by atoms with E-state index in [9.17, 15) is 19.5 Å². The molecule has 10 rings (SSSR count). The highest BCUT2D eigenvalue weighted by molar-refractivity contribution is 7.22. The number of allylic oxidation sites excluding steroid dienone is 2. The predicted octanol–water partition coefficient (Wildman–Crippen LogP) is 5.47. The second kappa shape index (κ2) is 15.1. The number of methoxy groups -OCH3 is 3. The maximum atomic E-state index is 15.3. The van der Waals surface area contributed by atoms with Crippen LogP contribution in [0.4, 0.5) is 5.82 Å². The highest BCUT2D eigenvalue weighted by Gasteiger charge is 2.66. The minimum Gasteiger partial charge on any atom is -0.508 e. The van der Waals surface area contributed by atoms with E-state index in [1.807, 2.05) is 31.2 Å². The van der Waals surface area contributed by atoms with Gasteiger partial charge in [0, 0.05) is 66.5 Å². The largest absolute Gasteiger partial charge is 0.508 e. The number of aryl methyl sites for hydroxylation is 4. The average molecular weight is 919 g/mol. The number of thiophene rings is 1. The molecule has 0 unspecified atom stereocenters. The number of ether oxygens (including phenoxy) is 3. The number of phenols is 1. The summed E-state index contributed by atoms with van der Waals surface area (Å²) in [4.78, 5) is 79.3. The van der Waals surface area contributed by atoms with E-state index in [0.717, 1.165) is 25.1 Å². The number of hydrogen-bond donors (Lipinski definition) is 1. The van der Waals surface area contributed by atoms with Gasteiger partial charge in [-0.25, -0.2) is 33.4 Å². The SMILES string of the molecule is COc1ccc(O)c([C@H]2C3=CCn4c(=O)n(CCc5nc6cc(OC)c(OC)cc6n(C)c5=O)c(=O)n4[C@@H]3C[C@H]3C(=O)N(c4cc(-c5sc6ccc(Cl)cc6c5C)nn4C)C(=O)[C@@]23C)c1. The van der Waals surface area contributed by atoms with E-state index in [2.05, 4.69) is 4.98 Å². The van der Waals surface area contributed by atoms with E-state index < -0.39 is 52.0 Å². The van der Waals surface area contributed by atoms with Gasteiger partial charge in [-0.3, -0.25) is 19.1 Å². The molecule has 4 atom stereocenters. The number of carbonyl (C=O) groups is 2. The first-order valence-corrected chi connectivity index (χ1v) is 22.0. The molecule has 6 heterocycles. The van der Waals surface area contributed by atoms with Crippen LogP contribution in [0.15, 0.2) is 80.6 Å². The Kier molecular flexibility index (Phi) is 9.76. The topological polar surface area (TPSA) is 187 Å². The van der Waals surface area contributed by atoms with E-state index in [0.29, 0.717) is 50.1 Å². The van der Waals surface area contributed by atoms with E-state index in [-0.39, 0.29) is 43.2 Å². The molecule has 1 saturated heterocycles. The van der Waals surface area contributed by atoms with Crippen LogP contribution in [0.25, 0.3) is 31.7 Å². The molecular weight excluding hydrogens is 876 g/mol. The van der Waals surface area contributed by atoms with Gasteiger partial charge in [0.15, 0.2) is 11.5 Å². The molecule has 2 fully saturated rings. The number of hydrogen-bond acceptors (Lipinski definition) is 12. The highest BCUT2D eigenvalue weighted by Crippen LogP contribution is 2.62. The normalized spacial score (nSPS) is 20.3. The van der Waals surface area contributed by atoms with Crippen molar-refractivity contribution < 1.29 is 28.9 Å². The van der Waals surface area contributed by atoms with Crippen LogP contribution >= 0.6 is 22.9 Å². The molecular formula is C46H43ClN8O9S. The summed E-state index contributed by atoms with van der Waals surface area (Å²) in [5.41, 5.74) is 0.410. The predicted molar refractivity (Wildman–Crippen MR) is 244 cm³/mol. The molecule has 7 aromatic rings. The van der Waals surface area contributed by atoms with Crippen molar-refractivity contribution in [1.29, 1.82) is 0 Å². The summed E-state index contributed by atoms with van der Waals surface area (Å²) < 4.78 is 24.1. The quantitative estimate of drug-likeness (QED) is 0.143. The first kappa shape index (κ1) is 42.1. The van der Waals surface area contributed by atoms with Crippen LogP contribution in [0, 0.1) is 18.3 Å². The Morgan fingerprint density at radius 2 is 1.69 bits per heavy atom. The Labute approximate surface area is 378 Å². The summed E-state index contributed by atoms with van der Waals surface area (Å²) in [6.07, 6.45) is 1.75. The maximum absolute atomic E-state index is 15.3. The van der Waals surface area contributed by atoms with E-state index in [1.54, 1.807) is 51.4 Å². The molecule has 1 N–H and O–H groups in total. The van der Waals surface area contributed by atoms with Gasteiger partial charge in [0.1, 0.15) is 28.7 Å². The lowest BCUT2D eigenvalue weighted by Crippen LogP contribution is -2.49. The molecule has 2 amide bonds. The third-order valence-corrected chi connectivity index (χ3v) is 15.1. The van der Waals surface area contributed by atoms with Crippen molar-refractivity contribution in [3.63, 3.8) is 0 Å². The molecule has 334 valence electrons. The molecule has 0 radical (unpaired) electrons. The zero-order chi connectivity index (χ0) is 46.0. The van der Waals surface area contributed by atoms with Crippen LogP contribution in [-0.4, -0.2) is 71.5 Å². The molecule has 1 saturated carbocycles. The van der Waals surface area contributed by atoms with E-state index >= 15 is 9.59 Å². The van der Waals surface area contributed by atoms with Crippen molar-refractivity contribution >= 4 is 61.7 Å². The van der Waals surface area contributed by atoms with Crippen LogP contribution < -0.4 is 36.0 Å². The summed E-state index contributed by atoms with van der Waals surface area (Å²) in [7, 11) is 7.76. The molecule has 65 heavy (non-hydrogen) atoms.